The first-order valence-corrected chi connectivity index (χ1v) is 13.5. The predicted octanol–water partition coefficient (Wildman–Crippen LogP) is 6.40. The summed E-state index contributed by atoms with van der Waals surface area (Å²) in [6.07, 6.45) is -0.171. The second-order valence-corrected chi connectivity index (χ2v) is 10.9. The minimum absolute atomic E-state index is 0.0248. The lowest BCUT2D eigenvalue weighted by atomic mass is 9.94. The Kier molecular flexibility index (Phi) is 9.13. The van der Waals surface area contributed by atoms with Gasteiger partial charge in [-0.15, -0.1) is 0 Å². The number of nitrogens with two attached hydrogens (primary N) is 1. The van der Waals surface area contributed by atoms with Crippen LogP contribution in [-0.2, 0) is 0 Å². The number of likely N-dealkylation sites (tertiary alicyclic amines) is 1. The molecule has 1 saturated heterocycles. The summed E-state index contributed by atoms with van der Waals surface area (Å²) in [5, 5.41) is 9.56. The molecule has 1 heterocycles. The molecule has 3 nitrogen and oxygen atoms in total. The van der Waals surface area contributed by atoms with Gasteiger partial charge in [-0.05, 0) is 91.7 Å². The third-order valence-electron chi connectivity index (χ3n) is 5.94. The number of aliphatic hydroxyl groups is 1. The van der Waals surface area contributed by atoms with Crippen molar-refractivity contribution in [2.75, 3.05) is 13.1 Å². The van der Waals surface area contributed by atoms with Gasteiger partial charge in [0.25, 0.3) is 0 Å². The van der Waals surface area contributed by atoms with Gasteiger partial charge in [0.05, 0.1) is 18.2 Å². The van der Waals surface area contributed by atoms with Gasteiger partial charge >= 0.3 is 0 Å². The van der Waals surface area contributed by atoms with Crippen LogP contribution in [0, 0.1) is 7.14 Å². The van der Waals surface area contributed by atoms with Crippen molar-refractivity contribution in [2.45, 2.75) is 18.2 Å². The first-order chi connectivity index (χ1) is 16.5. The SMILES string of the molecule is NC(c1ccccc1)c1ccc(I)cc1.OC1CN(C(c2ccccc2)c2ccc(I)cc2)C1. The smallest absolute Gasteiger partial charge is 0.0794 e. The van der Waals surface area contributed by atoms with Crippen LogP contribution in [0.25, 0.3) is 0 Å². The number of rotatable bonds is 5. The van der Waals surface area contributed by atoms with E-state index in [9.17, 15) is 5.11 Å². The van der Waals surface area contributed by atoms with E-state index in [-0.39, 0.29) is 18.2 Å². The fourth-order valence-corrected chi connectivity index (χ4v) is 4.84. The lowest BCUT2D eigenvalue weighted by molar-refractivity contribution is -0.0160. The van der Waals surface area contributed by atoms with Crippen LogP contribution in [0.1, 0.15) is 34.3 Å². The Bertz CT molecular complexity index is 1150. The van der Waals surface area contributed by atoms with Crippen LogP contribution >= 0.6 is 45.2 Å². The number of nitrogens with zero attached hydrogens (tertiary/aromatic N) is 1. The molecule has 0 amide bonds. The fraction of sp³-hybridized carbons (Fsp3) is 0.172. The Morgan fingerprint density at radius 1 is 0.618 bits per heavy atom. The summed E-state index contributed by atoms with van der Waals surface area (Å²) in [5.41, 5.74) is 11.0. The topological polar surface area (TPSA) is 49.5 Å². The molecule has 1 fully saturated rings. The zero-order chi connectivity index (χ0) is 23.9. The van der Waals surface area contributed by atoms with Crippen LogP contribution in [0.15, 0.2) is 109 Å². The van der Waals surface area contributed by atoms with Gasteiger partial charge in [0.1, 0.15) is 0 Å². The molecule has 4 aromatic rings. The van der Waals surface area contributed by atoms with E-state index < -0.39 is 0 Å². The van der Waals surface area contributed by atoms with Gasteiger partial charge in [-0.2, -0.15) is 0 Å². The Balaban J connectivity index is 0.000000166. The lowest BCUT2D eigenvalue weighted by Gasteiger charge is -2.42. The molecule has 0 saturated carbocycles. The average molecular weight is 674 g/mol. The van der Waals surface area contributed by atoms with E-state index in [2.05, 4.69) is 135 Å². The molecule has 3 N–H and O–H groups in total. The summed E-state index contributed by atoms with van der Waals surface area (Å²) in [6.45, 7) is 1.51. The molecule has 4 aromatic carbocycles. The molecule has 5 heteroatoms. The van der Waals surface area contributed by atoms with E-state index in [1.807, 2.05) is 24.3 Å². The summed E-state index contributed by atoms with van der Waals surface area (Å²) in [4.78, 5) is 2.32. The van der Waals surface area contributed by atoms with Gasteiger partial charge < -0.3 is 10.8 Å². The third-order valence-corrected chi connectivity index (χ3v) is 7.38. The number of β-amino-alcohol motifs (C(OH)–C–C–N with tert-alkyl or cyclic N) is 1. The largest absolute Gasteiger partial charge is 0.390 e. The minimum Gasteiger partial charge on any atom is -0.390 e. The second kappa shape index (κ2) is 12.3. The van der Waals surface area contributed by atoms with Crippen LogP contribution in [0.4, 0.5) is 0 Å². The highest BCUT2D eigenvalue weighted by Crippen LogP contribution is 2.32. The number of aliphatic hydroxyl groups excluding tert-OH is 1. The number of benzene rings is 4. The molecule has 1 aliphatic rings. The minimum atomic E-state index is -0.171. The molecule has 0 aliphatic carbocycles. The second-order valence-electron chi connectivity index (χ2n) is 8.41. The Morgan fingerprint density at radius 3 is 1.47 bits per heavy atom. The molecule has 2 atom stereocenters. The number of hydrogen-bond acceptors (Lipinski definition) is 3. The van der Waals surface area contributed by atoms with E-state index in [4.69, 9.17) is 5.73 Å². The Hall–Kier alpha value is -1.78. The van der Waals surface area contributed by atoms with E-state index >= 15 is 0 Å². The average Bonchev–Trinajstić information content (AvgIpc) is 2.86. The van der Waals surface area contributed by atoms with Gasteiger partial charge in [-0.3, -0.25) is 4.90 Å². The van der Waals surface area contributed by atoms with Gasteiger partial charge in [0.15, 0.2) is 0 Å². The molecule has 0 radical (unpaired) electrons. The summed E-state index contributed by atoms with van der Waals surface area (Å²) in [7, 11) is 0. The zero-order valence-corrected chi connectivity index (χ0v) is 23.1. The molecule has 34 heavy (non-hydrogen) atoms. The molecular weight excluding hydrogens is 646 g/mol. The van der Waals surface area contributed by atoms with Crippen molar-refractivity contribution in [3.8, 4) is 0 Å². The van der Waals surface area contributed by atoms with Crippen molar-refractivity contribution in [1.82, 2.24) is 4.90 Å². The highest BCUT2D eigenvalue weighted by Gasteiger charge is 2.32. The molecule has 0 aromatic heterocycles. The van der Waals surface area contributed by atoms with Crippen molar-refractivity contribution in [3.63, 3.8) is 0 Å². The predicted molar refractivity (Wildman–Crippen MR) is 157 cm³/mol. The van der Waals surface area contributed by atoms with Crippen molar-refractivity contribution in [2.24, 2.45) is 5.73 Å². The van der Waals surface area contributed by atoms with Crippen LogP contribution in [0.2, 0.25) is 0 Å². The van der Waals surface area contributed by atoms with Gasteiger partial charge in [-0.1, -0.05) is 84.9 Å². The molecule has 5 rings (SSSR count). The monoisotopic (exact) mass is 674 g/mol. The van der Waals surface area contributed by atoms with Crippen molar-refractivity contribution in [3.05, 3.63) is 139 Å². The standard InChI is InChI=1S/C16H16INO.C13H12IN/c17-14-8-6-13(7-9-14)16(18-10-15(19)11-18)12-4-2-1-3-5-12;14-12-8-6-11(7-9-12)13(15)10-4-2-1-3-5-10/h1-9,15-16,19H,10-11H2;1-9,13H,15H2. The first-order valence-electron chi connectivity index (χ1n) is 11.3. The molecular formula is C29H28I2N2O. The summed E-state index contributed by atoms with van der Waals surface area (Å²) >= 11 is 4.62. The molecule has 0 spiro atoms. The number of halogens is 2. The van der Waals surface area contributed by atoms with Crippen LogP contribution in [-0.4, -0.2) is 29.2 Å². The summed E-state index contributed by atoms with van der Waals surface area (Å²) < 4.78 is 2.48. The van der Waals surface area contributed by atoms with Crippen molar-refractivity contribution >= 4 is 45.2 Å². The quantitative estimate of drug-likeness (QED) is 0.241. The van der Waals surface area contributed by atoms with Gasteiger partial charge in [-0.25, -0.2) is 0 Å². The highest BCUT2D eigenvalue weighted by atomic mass is 127. The summed E-state index contributed by atoms with van der Waals surface area (Å²) in [6, 6.07) is 37.9. The first kappa shape index (κ1) is 25.3. The zero-order valence-electron chi connectivity index (χ0n) is 18.8. The molecule has 2 unspecified atom stereocenters. The maximum atomic E-state index is 9.56. The van der Waals surface area contributed by atoms with Crippen molar-refractivity contribution in [1.29, 1.82) is 0 Å². The van der Waals surface area contributed by atoms with Gasteiger partial charge in [0.2, 0.25) is 0 Å². The Labute approximate surface area is 229 Å². The molecule has 0 bridgehead atoms. The van der Waals surface area contributed by atoms with Crippen LogP contribution in [0.3, 0.4) is 0 Å². The van der Waals surface area contributed by atoms with Crippen LogP contribution in [0.5, 0.6) is 0 Å². The van der Waals surface area contributed by atoms with Crippen LogP contribution < -0.4 is 5.73 Å². The lowest BCUT2D eigenvalue weighted by Crippen LogP contribution is -2.52. The molecule has 174 valence electrons. The van der Waals surface area contributed by atoms with E-state index in [1.165, 1.54) is 18.3 Å². The highest BCUT2D eigenvalue weighted by molar-refractivity contribution is 14.1. The third kappa shape index (κ3) is 6.66. The maximum absolute atomic E-state index is 9.56. The number of hydrogen-bond donors (Lipinski definition) is 2. The normalized spacial score (nSPS) is 15.5. The fourth-order valence-electron chi connectivity index (χ4n) is 4.12. The van der Waals surface area contributed by atoms with E-state index in [0.29, 0.717) is 0 Å². The Morgan fingerprint density at radius 2 is 1.00 bits per heavy atom. The van der Waals surface area contributed by atoms with Crippen molar-refractivity contribution < 1.29 is 5.11 Å². The van der Waals surface area contributed by atoms with E-state index in [1.54, 1.807) is 0 Å². The van der Waals surface area contributed by atoms with Gasteiger partial charge in [0, 0.05) is 20.2 Å². The summed E-state index contributed by atoms with van der Waals surface area (Å²) in [5.74, 6) is 0. The van der Waals surface area contributed by atoms with E-state index in [0.717, 1.165) is 24.2 Å². The molecule has 1 aliphatic heterocycles. The maximum Gasteiger partial charge on any atom is 0.0794 e.